The zero-order chi connectivity index (χ0) is 7.28. The summed E-state index contributed by atoms with van der Waals surface area (Å²) >= 11 is 0. The monoisotopic (exact) mass is 126 g/mol. The zero-order valence-electron chi connectivity index (χ0n) is 5.65. The van der Waals surface area contributed by atoms with E-state index in [0.29, 0.717) is 12.0 Å². The summed E-state index contributed by atoms with van der Waals surface area (Å²) < 4.78 is 12.5. The second-order valence-corrected chi connectivity index (χ2v) is 1.63. The van der Waals surface area contributed by atoms with E-state index in [0.717, 1.165) is 0 Å². The topological polar surface area (TPSA) is 0 Å². The van der Waals surface area contributed by atoms with Crippen LogP contribution >= 0.6 is 0 Å². The Morgan fingerprint density at radius 1 is 1.44 bits per heavy atom. The smallest absolute Gasteiger partial charge is 0.125 e. The van der Waals surface area contributed by atoms with E-state index in [1.54, 1.807) is 0 Å². The minimum atomic E-state index is -0.271. The van der Waals surface area contributed by atoms with Crippen LogP contribution in [0.1, 0.15) is 13.3 Å². The Bertz CT molecular complexity index is 143. The van der Waals surface area contributed by atoms with Gasteiger partial charge in [-0.25, -0.2) is 4.39 Å². The Balaban J connectivity index is 4.36. The second-order valence-electron chi connectivity index (χ2n) is 1.63. The molecule has 0 fully saturated rings. The number of rotatable bonds is 3. The van der Waals surface area contributed by atoms with Crippen molar-refractivity contribution in [3.63, 3.8) is 0 Å². The fraction of sp³-hybridized carbons (Fsp3) is 0.250. The molecule has 0 aliphatic rings. The minimum Gasteiger partial charge on any atom is -0.207 e. The minimum absolute atomic E-state index is 0.271. The van der Waals surface area contributed by atoms with Crippen LogP contribution in [0.4, 0.5) is 4.39 Å². The van der Waals surface area contributed by atoms with E-state index < -0.39 is 0 Å². The molecule has 50 valence electrons. The van der Waals surface area contributed by atoms with Gasteiger partial charge in [0.15, 0.2) is 0 Å². The molecule has 0 unspecified atom stereocenters. The molecule has 0 atom stereocenters. The van der Waals surface area contributed by atoms with Crippen LogP contribution in [-0.2, 0) is 0 Å². The maximum Gasteiger partial charge on any atom is 0.125 e. The first-order valence-corrected chi connectivity index (χ1v) is 2.89. The molecule has 0 saturated heterocycles. The van der Waals surface area contributed by atoms with Crippen LogP contribution in [0.15, 0.2) is 36.7 Å². The average Bonchev–Trinajstić information content (AvgIpc) is 1.90. The highest BCUT2D eigenvalue weighted by Gasteiger charge is 1.93. The molecular weight excluding hydrogens is 115 g/mol. The third-order valence-electron chi connectivity index (χ3n) is 1.11. The van der Waals surface area contributed by atoms with Crippen molar-refractivity contribution < 1.29 is 4.39 Å². The summed E-state index contributed by atoms with van der Waals surface area (Å²) in [6, 6.07) is 0. The number of halogens is 1. The van der Waals surface area contributed by atoms with Crippen molar-refractivity contribution in [2.75, 3.05) is 0 Å². The van der Waals surface area contributed by atoms with E-state index >= 15 is 0 Å². The van der Waals surface area contributed by atoms with Crippen molar-refractivity contribution in [2.45, 2.75) is 13.3 Å². The molecule has 0 heterocycles. The van der Waals surface area contributed by atoms with Crippen LogP contribution < -0.4 is 0 Å². The highest BCUT2D eigenvalue weighted by atomic mass is 19.1. The predicted octanol–water partition coefficient (Wildman–Crippen LogP) is 2.99. The summed E-state index contributed by atoms with van der Waals surface area (Å²) in [6.45, 7) is 8.63. The van der Waals surface area contributed by atoms with E-state index in [9.17, 15) is 4.39 Å². The first kappa shape index (κ1) is 8.15. The Kier molecular flexibility index (Phi) is 3.69. The molecular formula is C8H11F. The Morgan fingerprint density at radius 2 is 2.00 bits per heavy atom. The summed E-state index contributed by atoms with van der Waals surface area (Å²) in [5, 5.41) is 0. The van der Waals surface area contributed by atoms with Gasteiger partial charge in [0.1, 0.15) is 5.83 Å². The van der Waals surface area contributed by atoms with E-state index in [-0.39, 0.29) is 5.83 Å². The molecule has 0 radical (unpaired) electrons. The molecule has 0 bridgehead atoms. The highest BCUT2D eigenvalue weighted by Crippen LogP contribution is 2.10. The first-order chi connectivity index (χ1) is 4.26. The maximum absolute atomic E-state index is 12.5. The molecule has 0 aliphatic carbocycles. The van der Waals surface area contributed by atoms with Crippen molar-refractivity contribution in [1.82, 2.24) is 0 Å². The molecule has 0 saturated carbocycles. The molecule has 0 spiro atoms. The molecule has 0 rings (SSSR count). The van der Waals surface area contributed by atoms with Gasteiger partial charge in [0, 0.05) is 0 Å². The summed E-state index contributed by atoms with van der Waals surface area (Å²) in [5.41, 5.74) is 0.616. The van der Waals surface area contributed by atoms with Crippen LogP contribution in [0.2, 0.25) is 0 Å². The zero-order valence-corrected chi connectivity index (χ0v) is 5.65. The van der Waals surface area contributed by atoms with Crippen molar-refractivity contribution in [2.24, 2.45) is 0 Å². The summed E-state index contributed by atoms with van der Waals surface area (Å²) in [4.78, 5) is 0. The second kappa shape index (κ2) is 4.07. The number of allylic oxidation sites excluding steroid dienone is 4. The van der Waals surface area contributed by atoms with Crippen molar-refractivity contribution in [3.8, 4) is 0 Å². The number of hydrogen-bond donors (Lipinski definition) is 0. The molecule has 0 aromatic rings. The van der Waals surface area contributed by atoms with Crippen LogP contribution in [0.25, 0.3) is 0 Å². The van der Waals surface area contributed by atoms with Crippen molar-refractivity contribution >= 4 is 0 Å². The van der Waals surface area contributed by atoms with Gasteiger partial charge in [0.05, 0.1) is 0 Å². The molecule has 0 amide bonds. The van der Waals surface area contributed by atoms with Gasteiger partial charge in [-0.15, -0.1) is 0 Å². The molecule has 0 aromatic carbocycles. The van der Waals surface area contributed by atoms with Crippen LogP contribution in [-0.4, -0.2) is 0 Å². The molecule has 0 aromatic heterocycles. The van der Waals surface area contributed by atoms with Gasteiger partial charge in [-0.1, -0.05) is 26.2 Å². The van der Waals surface area contributed by atoms with Crippen LogP contribution in [0, 0.1) is 0 Å². The quantitative estimate of drug-likeness (QED) is 0.510. The predicted molar refractivity (Wildman–Crippen MR) is 38.8 cm³/mol. The van der Waals surface area contributed by atoms with Gasteiger partial charge in [-0.05, 0) is 18.1 Å². The molecule has 0 aliphatic heterocycles. The fourth-order valence-electron chi connectivity index (χ4n) is 0.542. The average molecular weight is 126 g/mol. The van der Waals surface area contributed by atoms with E-state index in [1.165, 1.54) is 12.2 Å². The lowest BCUT2D eigenvalue weighted by Crippen LogP contribution is -1.76. The molecule has 1 heteroatoms. The highest BCUT2D eigenvalue weighted by molar-refractivity contribution is 5.25. The maximum atomic E-state index is 12.5. The summed E-state index contributed by atoms with van der Waals surface area (Å²) in [6.07, 6.45) is 3.37. The summed E-state index contributed by atoms with van der Waals surface area (Å²) in [7, 11) is 0. The Morgan fingerprint density at radius 3 is 2.11 bits per heavy atom. The van der Waals surface area contributed by atoms with Gasteiger partial charge in [-0.3, -0.25) is 0 Å². The lowest BCUT2D eigenvalue weighted by molar-refractivity contribution is 0.653. The van der Waals surface area contributed by atoms with Crippen LogP contribution in [0.5, 0.6) is 0 Å². The van der Waals surface area contributed by atoms with Gasteiger partial charge in [0.25, 0.3) is 0 Å². The fourth-order valence-corrected chi connectivity index (χ4v) is 0.542. The third-order valence-corrected chi connectivity index (χ3v) is 1.11. The van der Waals surface area contributed by atoms with E-state index in [4.69, 9.17) is 0 Å². The first-order valence-electron chi connectivity index (χ1n) is 2.89. The largest absolute Gasteiger partial charge is 0.207 e. The van der Waals surface area contributed by atoms with Crippen molar-refractivity contribution in [3.05, 3.63) is 36.7 Å². The molecule has 9 heavy (non-hydrogen) atoms. The SMILES string of the molecule is C=C/C(F)=C(\C=C)CC. The van der Waals surface area contributed by atoms with Crippen molar-refractivity contribution in [1.29, 1.82) is 0 Å². The lowest BCUT2D eigenvalue weighted by Gasteiger charge is -1.94. The molecule has 0 N–H and O–H groups in total. The molecule has 0 nitrogen and oxygen atoms in total. The normalized spacial score (nSPS) is 12.2. The van der Waals surface area contributed by atoms with E-state index in [2.05, 4.69) is 13.2 Å². The Labute approximate surface area is 55.4 Å². The lowest BCUT2D eigenvalue weighted by atomic mass is 10.2. The van der Waals surface area contributed by atoms with Gasteiger partial charge < -0.3 is 0 Å². The summed E-state index contributed by atoms with van der Waals surface area (Å²) in [5.74, 6) is -0.271. The Hall–Kier alpha value is -0.850. The van der Waals surface area contributed by atoms with Gasteiger partial charge in [-0.2, -0.15) is 0 Å². The van der Waals surface area contributed by atoms with Gasteiger partial charge >= 0.3 is 0 Å². The van der Waals surface area contributed by atoms with Gasteiger partial charge in [0.2, 0.25) is 0 Å². The van der Waals surface area contributed by atoms with E-state index in [1.807, 2.05) is 6.92 Å². The number of hydrogen-bond acceptors (Lipinski definition) is 0. The standard InChI is InChI=1S/C8H11F/c1-4-7(5-2)8(9)6-3/h4,6H,1,3,5H2,2H3/b8-7-. The van der Waals surface area contributed by atoms with Crippen LogP contribution in [0.3, 0.4) is 0 Å². The third kappa shape index (κ3) is 2.27.